The van der Waals surface area contributed by atoms with Crippen molar-refractivity contribution < 1.29 is 22.8 Å². The molecule has 8 nitrogen and oxygen atoms in total. The molecule has 4 rings (SSSR count). The molecule has 0 bridgehead atoms. The Morgan fingerprint density at radius 1 is 0.944 bits per heavy atom. The van der Waals surface area contributed by atoms with Gasteiger partial charge >= 0.3 is 0 Å². The van der Waals surface area contributed by atoms with Crippen molar-refractivity contribution in [3.05, 3.63) is 101 Å². The Balaban J connectivity index is 1.69. The van der Waals surface area contributed by atoms with E-state index in [2.05, 4.69) is 5.32 Å². The van der Waals surface area contributed by atoms with Gasteiger partial charge in [0.25, 0.3) is 15.9 Å². The Bertz CT molecular complexity index is 1390. The van der Waals surface area contributed by atoms with E-state index in [1.54, 1.807) is 30.3 Å². The molecule has 0 aliphatic carbocycles. The summed E-state index contributed by atoms with van der Waals surface area (Å²) < 4.78 is 26.6. The summed E-state index contributed by atoms with van der Waals surface area (Å²) in [5.74, 6) is -1.87. The number of likely N-dealkylation sites (N-methyl/N-ethyl adjacent to an activating group) is 1. The summed E-state index contributed by atoms with van der Waals surface area (Å²) in [6.07, 6.45) is 0.195. The first-order valence-electron chi connectivity index (χ1n) is 11.2. The normalized spacial score (nSPS) is 14.7. The van der Waals surface area contributed by atoms with E-state index in [9.17, 15) is 22.8 Å². The van der Waals surface area contributed by atoms with Crippen LogP contribution in [-0.4, -0.2) is 55.0 Å². The summed E-state index contributed by atoms with van der Waals surface area (Å²) in [7, 11) is -2.73. The number of amides is 3. The van der Waals surface area contributed by atoms with Crippen LogP contribution in [0, 0.1) is 0 Å². The maximum atomic E-state index is 13.7. The van der Waals surface area contributed by atoms with Crippen LogP contribution < -0.4 is 5.32 Å². The van der Waals surface area contributed by atoms with Gasteiger partial charge in [0.2, 0.25) is 11.8 Å². The Labute approximate surface area is 214 Å². The third-order valence-corrected chi connectivity index (χ3v) is 8.01. The number of halogens is 1. The van der Waals surface area contributed by atoms with E-state index in [-0.39, 0.29) is 23.4 Å². The number of benzene rings is 3. The average Bonchev–Trinajstić information content (AvgIpc) is 3.08. The number of hydrogen-bond donors (Lipinski definition) is 1. The highest BCUT2D eigenvalue weighted by Crippen LogP contribution is 2.30. The van der Waals surface area contributed by atoms with Crippen LogP contribution >= 0.6 is 11.6 Å². The first-order valence-corrected chi connectivity index (χ1v) is 13.0. The first kappa shape index (κ1) is 25.4. The van der Waals surface area contributed by atoms with Gasteiger partial charge in [-0.25, -0.2) is 12.7 Å². The molecule has 1 heterocycles. The third kappa shape index (κ3) is 5.12. The summed E-state index contributed by atoms with van der Waals surface area (Å²) >= 11 is 6.00. The number of hydrogen-bond acceptors (Lipinski definition) is 5. The van der Waals surface area contributed by atoms with Crippen molar-refractivity contribution in [1.29, 1.82) is 0 Å². The van der Waals surface area contributed by atoms with Gasteiger partial charge in [0.1, 0.15) is 17.5 Å². The molecule has 0 saturated carbocycles. The fraction of sp³-hybridized carbons (Fsp3) is 0.192. The van der Waals surface area contributed by atoms with Crippen LogP contribution in [0.5, 0.6) is 0 Å². The fourth-order valence-electron chi connectivity index (χ4n) is 4.11. The molecule has 3 amide bonds. The van der Waals surface area contributed by atoms with Crippen molar-refractivity contribution in [1.82, 2.24) is 14.5 Å². The van der Waals surface area contributed by atoms with E-state index >= 15 is 0 Å². The summed E-state index contributed by atoms with van der Waals surface area (Å²) in [6, 6.07) is 20.8. The molecule has 1 unspecified atom stereocenters. The molecule has 0 aromatic heterocycles. The minimum atomic E-state index is -4.19. The number of carbonyl (C=O) groups excluding carboxylic acids is 3. The van der Waals surface area contributed by atoms with Crippen LogP contribution in [0.3, 0.4) is 0 Å². The molecule has 1 aliphatic heterocycles. The van der Waals surface area contributed by atoms with E-state index < -0.39 is 40.3 Å². The lowest BCUT2D eigenvalue weighted by Crippen LogP contribution is -2.52. The van der Waals surface area contributed by atoms with Crippen LogP contribution in [0.4, 0.5) is 0 Å². The van der Waals surface area contributed by atoms with Crippen LogP contribution in [-0.2, 0) is 32.6 Å². The summed E-state index contributed by atoms with van der Waals surface area (Å²) in [5.41, 5.74) is 1.52. The molecule has 3 aromatic rings. The summed E-state index contributed by atoms with van der Waals surface area (Å²) in [5, 5.41) is 3.11. The highest BCUT2D eigenvalue weighted by molar-refractivity contribution is 7.90. The van der Waals surface area contributed by atoms with Crippen molar-refractivity contribution in [2.75, 3.05) is 13.6 Å². The van der Waals surface area contributed by atoms with Crippen LogP contribution in [0.15, 0.2) is 83.8 Å². The van der Waals surface area contributed by atoms with E-state index in [1.165, 1.54) is 30.1 Å². The van der Waals surface area contributed by atoms with Gasteiger partial charge in [0.15, 0.2) is 0 Å². The zero-order valence-electron chi connectivity index (χ0n) is 19.4. The van der Waals surface area contributed by atoms with Gasteiger partial charge in [0, 0.05) is 25.0 Å². The van der Waals surface area contributed by atoms with Crippen LogP contribution in [0.2, 0.25) is 5.02 Å². The second kappa shape index (κ2) is 10.5. The monoisotopic (exact) mass is 525 g/mol. The zero-order valence-corrected chi connectivity index (χ0v) is 21.0. The Hall–Kier alpha value is -3.69. The number of fused-ring (bicyclic) bond motifs is 1. The van der Waals surface area contributed by atoms with Crippen molar-refractivity contribution in [3.63, 3.8) is 0 Å². The lowest BCUT2D eigenvalue weighted by atomic mass is 10.0. The van der Waals surface area contributed by atoms with E-state index in [1.807, 2.05) is 30.3 Å². The van der Waals surface area contributed by atoms with Gasteiger partial charge in [-0.1, -0.05) is 66.2 Å². The molecule has 0 radical (unpaired) electrons. The molecule has 0 saturated heterocycles. The van der Waals surface area contributed by atoms with Crippen molar-refractivity contribution in [3.8, 4) is 0 Å². The molecule has 1 aliphatic rings. The topological polar surface area (TPSA) is 104 Å². The van der Waals surface area contributed by atoms with Crippen LogP contribution in [0.25, 0.3) is 0 Å². The SMILES string of the molecule is CNC(=O)C(Cc1ccccc1)N(Cc1ccc(Cl)cc1)C(=O)CN1C(=O)c2ccccc2S1(=O)=O. The van der Waals surface area contributed by atoms with E-state index in [0.717, 1.165) is 5.56 Å². The highest BCUT2D eigenvalue weighted by Gasteiger charge is 2.43. The molecule has 1 N–H and O–H groups in total. The van der Waals surface area contributed by atoms with Crippen molar-refractivity contribution in [2.24, 2.45) is 0 Å². The Kier molecular flexibility index (Phi) is 7.42. The molecular weight excluding hydrogens is 502 g/mol. The highest BCUT2D eigenvalue weighted by atomic mass is 35.5. The maximum Gasteiger partial charge on any atom is 0.269 e. The molecular formula is C26H24ClN3O5S. The minimum absolute atomic E-state index is 0.00987. The lowest BCUT2D eigenvalue weighted by molar-refractivity contribution is -0.140. The van der Waals surface area contributed by atoms with Gasteiger partial charge in [-0.3, -0.25) is 14.4 Å². The maximum absolute atomic E-state index is 13.7. The van der Waals surface area contributed by atoms with Crippen molar-refractivity contribution in [2.45, 2.75) is 23.9 Å². The molecule has 36 heavy (non-hydrogen) atoms. The fourth-order valence-corrected chi connectivity index (χ4v) is 5.75. The van der Waals surface area contributed by atoms with Crippen molar-refractivity contribution >= 4 is 39.3 Å². The first-order chi connectivity index (χ1) is 17.2. The molecule has 186 valence electrons. The number of carbonyl (C=O) groups is 3. The van der Waals surface area contributed by atoms with Crippen LogP contribution in [0.1, 0.15) is 21.5 Å². The Morgan fingerprint density at radius 2 is 1.58 bits per heavy atom. The predicted octanol–water partition coefficient (Wildman–Crippen LogP) is 2.87. The second-order valence-corrected chi connectivity index (χ2v) is 10.5. The molecule has 10 heteroatoms. The van der Waals surface area contributed by atoms with Gasteiger partial charge in [0.05, 0.1) is 5.56 Å². The number of nitrogens with zero attached hydrogens (tertiary/aromatic N) is 2. The minimum Gasteiger partial charge on any atom is -0.357 e. The second-order valence-electron chi connectivity index (χ2n) is 8.28. The number of sulfonamides is 1. The van der Waals surface area contributed by atoms with Gasteiger partial charge in [-0.05, 0) is 35.4 Å². The largest absolute Gasteiger partial charge is 0.357 e. The molecule has 0 spiro atoms. The van der Waals surface area contributed by atoms with Gasteiger partial charge in [-0.15, -0.1) is 0 Å². The van der Waals surface area contributed by atoms with Gasteiger partial charge in [-0.2, -0.15) is 0 Å². The molecule has 0 fully saturated rings. The standard InChI is InChI=1S/C26H24ClN3O5S/c1-28-25(32)22(15-18-7-3-2-4-8-18)29(16-19-11-13-20(27)14-12-19)24(31)17-30-26(33)21-9-5-6-10-23(21)36(30,34)35/h2-14,22H,15-17H2,1H3,(H,28,32). The molecule has 1 atom stereocenters. The number of nitrogens with one attached hydrogen (secondary N) is 1. The lowest BCUT2D eigenvalue weighted by Gasteiger charge is -2.32. The molecule has 3 aromatic carbocycles. The third-order valence-electron chi connectivity index (χ3n) is 5.97. The smallest absolute Gasteiger partial charge is 0.269 e. The predicted molar refractivity (Wildman–Crippen MR) is 135 cm³/mol. The number of rotatable bonds is 8. The summed E-state index contributed by atoms with van der Waals surface area (Å²) in [6.45, 7) is -0.721. The van der Waals surface area contributed by atoms with Gasteiger partial charge < -0.3 is 10.2 Å². The average molecular weight is 526 g/mol. The van der Waals surface area contributed by atoms with E-state index in [4.69, 9.17) is 11.6 Å². The quantitative estimate of drug-likeness (QED) is 0.487. The summed E-state index contributed by atoms with van der Waals surface area (Å²) in [4.78, 5) is 40.7. The zero-order chi connectivity index (χ0) is 25.9. The Morgan fingerprint density at radius 3 is 2.22 bits per heavy atom. The van der Waals surface area contributed by atoms with E-state index in [0.29, 0.717) is 14.9 Å².